The quantitative estimate of drug-likeness (QED) is 0.683. The van der Waals surface area contributed by atoms with Crippen LogP contribution < -0.4 is 16.0 Å². The third-order valence-electron chi connectivity index (χ3n) is 6.50. The highest BCUT2D eigenvalue weighted by molar-refractivity contribution is 5.98. The smallest absolute Gasteiger partial charge is 0.257 e. The summed E-state index contributed by atoms with van der Waals surface area (Å²) in [5, 5.41) is 0. The average Bonchev–Trinajstić information content (AvgIpc) is 2.79. The number of methoxy groups -OCH3 is 1. The molecule has 3 aromatic rings. The summed E-state index contributed by atoms with van der Waals surface area (Å²) in [6.45, 7) is 3.71. The van der Waals surface area contributed by atoms with Crippen LogP contribution in [0.5, 0.6) is 5.75 Å². The van der Waals surface area contributed by atoms with Crippen LogP contribution in [0.3, 0.4) is 0 Å². The fourth-order valence-corrected chi connectivity index (χ4v) is 5.05. The number of nitrogen functional groups attached to an aromatic ring is 1. The van der Waals surface area contributed by atoms with E-state index in [1.54, 1.807) is 19.2 Å². The van der Waals surface area contributed by atoms with Crippen LogP contribution in [-0.2, 0) is 6.54 Å². The summed E-state index contributed by atoms with van der Waals surface area (Å²) in [6, 6.07) is 10.9. The van der Waals surface area contributed by atoms with E-state index in [1.165, 1.54) is 6.33 Å². The van der Waals surface area contributed by atoms with Crippen molar-refractivity contribution < 1.29 is 9.53 Å². The Hall–Kier alpha value is -3.68. The lowest BCUT2D eigenvalue weighted by Crippen LogP contribution is -2.49. The lowest BCUT2D eigenvalue weighted by atomic mass is 9.82. The molecule has 164 valence electrons. The molecule has 8 nitrogen and oxygen atoms in total. The summed E-state index contributed by atoms with van der Waals surface area (Å²) in [5.74, 6) is 1.23. The number of amides is 1. The summed E-state index contributed by atoms with van der Waals surface area (Å²) in [7, 11) is 1.58. The van der Waals surface area contributed by atoms with Crippen LogP contribution in [0.1, 0.15) is 34.0 Å². The number of rotatable bonds is 3. The zero-order valence-electron chi connectivity index (χ0n) is 18.1. The number of carbonyl (C=O) groups excluding carboxylic acids is 1. The molecule has 1 fully saturated rings. The van der Waals surface area contributed by atoms with Gasteiger partial charge < -0.3 is 19.9 Å². The summed E-state index contributed by atoms with van der Waals surface area (Å²) in [4.78, 5) is 36.5. The Morgan fingerprint density at radius 1 is 1.16 bits per heavy atom. The van der Waals surface area contributed by atoms with E-state index in [0.29, 0.717) is 42.5 Å². The molecular formula is C24H25N5O3. The number of fused-ring (bicyclic) bond motifs is 4. The van der Waals surface area contributed by atoms with E-state index in [2.05, 4.69) is 9.97 Å². The number of benzene rings is 1. The Balaban J connectivity index is 1.50. The second-order valence-electron chi connectivity index (χ2n) is 8.61. The zero-order valence-corrected chi connectivity index (χ0v) is 18.1. The van der Waals surface area contributed by atoms with E-state index >= 15 is 0 Å². The minimum absolute atomic E-state index is 0.0230. The molecule has 2 bridgehead atoms. The third kappa shape index (κ3) is 3.41. The highest BCUT2D eigenvalue weighted by atomic mass is 16.5. The first-order chi connectivity index (χ1) is 15.4. The topological polar surface area (TPSA) is 103 Å². The standard InChI is InChI=1S/C24H25N5O3/c1-14-4-3-5-20(32-2)23(14)24(31)28-10-15-6-17(12-28)19-7-16(8-22(30)29(19)11-15)18-9-21(25)27-13-26-18/h3-5,7-9,13,15,17H,6,10-12H2,1-2H3,(H2,25,26,27)/t15-,17+/m0/s1. The van der Waals surface area contributed by atoms with Crippen LogP contribution in [0.15, 0.2) is 47.5 Å². The number of piperidine rings is 1. The van der Waals surface area contributed by atoms with Gasteiger partial charge in [-0.2, -0.15) is 0 Å². The molecule has 2 aliphatic rings. The maximum atomic E-state index is 13.5. The molecule has 5 rings (SSSR count). The Morgan fingerprint density at radius 2 is 2.00 bits per heavy atom. The van der Waals surface area contributed by atoms with Crippen LogP contribution in [0, 0.1) is 12.8 Å². The van der Waals surface area contributed by atoms with Gasteiger partial charge in [-0.05, 0) is 37.0 Å². The first-order valence-corrected chi connectivity index (χ1v) is 10.7. The highest BCUT2D eigenvalue weighted by Gasteiger charge is 2.37. The molecule has 1 amide bonds. The number of ether oxygens (including phenoxy) is 1. The van der Waals surface area contributed by atoms with Crippen molar-refractivity contribution in [2.45, 2.75) is 25.8 Å². The van der Waals surface area contributed by atoms with Gasteiger partial charge in [0.05, 0.1) is 18.4 Å². The van der Waals surface area contributed by atoms with Crippen LogP contribution in [0.25, 0.3) is 11.3 Å². The van der Waals surface area contributed by atoms with Gasteiger partial charge in [-0.3, -0.25) is 9.59 Å². The van der Waals surface area contributed by atoms with Gasteiger partial charge in [-0.15, -0.1) is 0 Å². The van der Waals surface area contributed by atoms with Gasteiger partial charge in [0.1, 0.15) is 17.9 Å². The van der Waals surface area contributed by atoms with Crippen LogP contribution in [0.2, 0.25) is 0 Å². The minimum atomic E-state index is -0.0512. The first-order valence-electron chi connectivity index (χ1n) is 10.7. The molecule has 1 aromatic carbocycles. The number of carbonyl (C=O) groups is 1. The Bertz CT molecular complexity index is 1270. The van der Waals surface area contributed by atoms with Crippen LogP contribution in [0.4, 0.5) is 5.82 Å². The van der Waals surface area contributed by atoms with E-state index < -0.39 is 0 Å². The fraction of sp³-hybridized carbons (Fsp3) is 0.333. The average molecular weight is 431 g/mol. The molecule has 8 heteroatoms. The SMILES string of the molecule is COc1cccc(C)c1C(=O)N1C[C@@H]2C[C@H](C1)c1cc(-c3cc(N)ncn3)cc(=O)n1C2. The van der Waals surface area contributed by atoms with Crippen molar-refractivity contribution in [1.82, 2.24) is 19.4 Å². The predicted molar refractivity (Wildman–Crippen MR) is 121 cm³/mol. The number of likely N-dealkylation sites (tertiary alicyclic amines) is 1. The van der Waals surface area contributed by atoms with Crippen molar-refractivity contribution >= 4 is 11.7 Å². The zero-order chi connectivity index (χ0) is 22.4. The van der Waals surface area contributed by atoms with E-state index in [-0.39, 0.29) is 23.3 Å². The van der Waals surface area contributed by atoms with E-state index in [0.717, 1.165) is 23.2 Å². The van der Waals surface area contributed by atoms with Gasteiger partial charge in [-0.1, -0.05) is 12.1 Å². The number of hydrogen-bond acceptors (Lipinski definition) is 6. The first kappa shape index (κ1) is 20.2. The molecular weight excluding hydrogens is 406 g/mol. The van der Waals surface area contributed by atoms with Crippen molar-refractivity contribution in [2.24, 2.45) is 5.92 Å². The second kappa shape index (κ2) is 7.78. The Labute approximate surface area is 185 Å². The van der Waals surface area contributed by atoms with Crippen LogP contribution in [-0.4, -0.2) is 45.5 Å². The predicted octanol–water partition coefficient (Wildman–Crippen LogP) is 2.46. The Kier molecular flexibility index (Phi) is 4.92. The van der Waals surface area contributed by atoms with E-state index in [1.807, 2.05) is 40.7 Å². The molecule has 0 radical (unpaired) electrons. The largest absolute Gasteiger partial charge is 0.496 e. The summed E-state index contributed by atoms with van der Waals surface area (Å²) < 4.78 is 7.31. The lowest BCUT2D eigenvalue weighted by molar-refractivity contribution is 0.0590. The van der Waals surface area contributed by atoms with Gasteiger partial charge in [0.15, 0.2) is 0 Å². The van der Waals surface area contributed by atoms with Crippen molar-refractivity contribution in [3.8, 4) is 17.0 Å². The number of pyridine rings is 1. The molecule has 4 heterocycles. The number of nitrogens with two attached hydrogens (primary N) is 1. The summed E-state index contributed by atoms with van der Waals surface area (Å²) in [5.41, 5.74) is 9.54. The molecule has 0 aliphatic carbocycles. The van der Waals surface area contributed by atoms with Gasteiger partial charge in [0, 0.05) is 48.9 Å². The van der Waals surface area contributed by atoms with Crippen molar-refractivity contribution in [2.75, 3.05) is 25.9 Å². The van der Waals surface area contributed by atoms with Crippen molar-refractivity contribution in [3.63, 3.8) is 0 Å². The monoisotopic (exact) mass is 431 g/mol. The number of aryl methyl sites for hydroxylation is 1. The second-order valence-corrected chi connectivity index (χ2v) is 8.61. The van der Waals surface area contributed by atoms with E-state index in [4.69, 9.17) is 10.5 Å². The van der Waals surface area contributed by atoms with E-state index in [9.17, 15) is 9.59 Å². The molecule has 2 aromatic heterocycles. The maximum Gasteiger partial charge on any atom is 0.257 e. The molecule has 2 aliphatic heterocycles. The van der Waals surface area contributed by atoms with Crippen LogP contribution >= 0.6 is 0 Å². The third-order valence-corrected chi connectivity index (χ3v) is 6.50. The number of nitrogens with zero attached hydrogens (tertiary/aromatic N) is 4. The number of hydrogen-bond donors (Lipinski definition) is 1. The molecule has 32 heavy (non-hydrogen) atoms. The Morgan fingerprint density at radius 3 is 2.78 bits per heavy atom. The summed E-state index contributed by atoms with van der Waals surface area (Å²) >= 11 is 0. The van der Waals surface area contributed by atoms with Gasteiger partial charge in [-0.25, -0.2) is 9.97 Å². The van der Waals surface area contributed by atoms with Crippen molar-refractivity contribution in [1.29, 1.82) is 0 Å². The minimum Gasteiger partial charge on any atom is -0.496 e. The van der Waals surface area contributed by atoms with Crippen molar-refractivity contribution in [3.05, 3.63) is 69.9 Å². The van der Waals surface area contributed by atoms with Gasteiger partial charge in [0.2, 0.25) is 0 Å². The normalized spacial score (nSPS) is 19.4. The number of aromatic nitrogens is 3. The molecule has 1 saturated heterocycles. The molecule has 0 saturated carbocycles. The van der Waals surface area contributed by atoms with Gasteiger partial charge >= 0.3 is 0 Å². The molecule has 2 N–H and O–H groups in total. The maximum absolute atomic E-state index is 13.5. The number of anilines is 1. The van der Waals surface area contributed by atoms with Gasteiger partial charge in [0.25, 0.3) is 11.5 Å². The fourth-order valence-electron chi connectivity index (χ4n) is 5.05. The molecule has 0 unspecified atom stereocenters. The molecule has 2 atom stereocenters. The summed E-state index contributed by atoms with van der Waals surface area (Å²) in [6.07, 6.45) is 2.35. The highest BCUT2D eigenvalue weighted by Crippen LogP contribution is 2.37. The molecule has 0 spiro atoms. The lowest BCUT2D eigenvalue weighted by Gasteiger charge is -2.43.